The van der Waals surface area contributed by atoms with Gasteiger partial charge in [0.1, 0.15) is 5.60 Å². The van der Waals surface area contributed by atoms with Crippen molar-refractivity contribution >= 4 is 23.2 Å². The van der Waals surface area contributed by atoms with E-state index in [1.807, 2.05) is 0 Å². The summed E-state index contributed by atoms with van der Waals surface area (Å²) in [6.07, 6.45) is 0.434. The molecule has 0 aliphatic carbocycles. The molecule has 0 bridgehead atoms. The number of halogens is 1. The molecule has 1 unspecified atom stereocenters. The third kappa shape index (κ3) is 3.44. The van der Waals surface area contributed by atoms with E-state index in [-0.39, 0.29) is 29.4 Å². The van der Waals surface area contributed by atoms with E-state index < -0.39 is 16.4 Å². The van der Waals surface area contributed by atoms with Gasteiger partial charge in [0.05, 0.1) is 11.5 Å². The molecule has 0 saturated carbocycles. The monoisotopic (exact) mass is 300 g/mol. The smallest absolute Gasteiger partial charge is 0.271 e. The molecule has 108 valence electrons. The summed E-state index contributed by atoms with van der Waals surface area (Å²) in [6, 6.07) is 3.63. The van der Waals surface area contributed by atoms with Crippen LogP contribution in [0.4, 0.5) is 5.69 Å². The van der Waals surface area contributed by atoms with E-state index in [4.69, 9.17) is 16.3 Å². The number of nitro benzene ring substituents is 1. The average molecular weight is 301 g/mol. The number of carbonyl (C=O) groups excluding carboxylic acids is 1. The van der Waals surface area contributed by atoms with E-state index in [9.17, 15) is 20.0 Å². The number of aliphatic hydroxyl groups is 1. The Morgan fingerprint density at radius 2 is 2.30 bits per heavy atom. The van der Waals surface area contributed by atoms with Gasteiger partial charge < -0.3 is 15.2 Å². The first-order valence-electron chi connectivity index (χ1n) is 5.93. The van der Waals surface area contributed by atoms with Crippen molar-refractivity contribution in [3.05, 3.63) is 38.9 Å². The molecule has 1 amide bonds. The van der Waals surface area contributed by atoms with Crippen LogP contribution in [-0.2, 0) is 4.74 Å². The lowest BCUT2D eigenvalue weighted by atomic mass is 10.0. The molecular formula is C12H13ClN2O5. The summed E-state index contributed by atoms with van der Waals surface area (Å²) in [7, 11) is 0. The van der Waals surface area contributed by atoms with Crippen molar-refractivity contribution in [1.29, 1.82) is 0 Å². The van der Waals surface area contributed by atoms with Gasteiger partial charge in [0.2, 0.25) is 0 Å². The number of hydrogen-bond donors (Lipinski definition) is 2. The van der Waals surface area contributed by atoms with Crippen molar-refractivity contribution in [1.82, 2.24) is 5.32 Å². The van der Waals surface area contributed by atoms with E-state index in [2.05, 4.69) is 5.32 Å². The number of benzene rings is 1. The fraction of sp³-hybridized carbons (Fsp3) is 0.417. The van der Waals surface area contributed by atoms with E-state index in [1.165, 1.54) is 6.07 Å². The maximum absolute atomic E-state index is 11.9. The molecule has 1 aliphatic rings. The summed E-state index contributed by atoms with van der Waals surface area (Å²) < 4.78 is 5.06. The molecule has 0 radical (unpaired) electrons. The van der Waals surface area contributed by atoms with Crippen LogP contribution in [0.1, 0.15) is 16.8 Å². The predicted molar refractivity (Wildman–Crippen MR) is 70.8 cm³/mol. The summed E-state index contributed by atoms with van der Waals surface area (Å²) in [4.78, 5) is 22.0. The summed E-state index contributed by atoms with van der Waals surface area (Å²) in [5, 5.41) is 23.3. The van der Waals surface area contributed by atoms with Crippen molar-refractivity contribution in [2.24, 2.45) is 0 Å². The van der Waals surface area contributed by atoms with Crippen LogP contribution in [0.5, 0.6) is 0 Å². The molecule has 8 heteroatoms. The van der Waals surface area contributed by atoms with Crippen LogP contribution in [0, 0.1) is 10.1 Å². The molecule has 1 heterocycles. The number of hydrogen-bond acceptors (Lipinski definition) is 5. The van der Waals surface area contributed by atoms with E-state index in [0.717, 1.165) is 12.1 Å². The minimum atomic E-state index is -1.08. The minimum Gasteiger partial charge on any atom is -0.386 e. The van der Waals surface area contributed by atoms with Gasteiger partial charge in [-0.15, -0.1) is 0 Å². The second-order valence-electron chi connectivity index (χ2n) is 4.66. The largest absolute Gasteiger partial charge is 0.386 e. The number of nitro groups is 1. The predicted octanol–water partition coefficient (Wildman–Crippen LogP) is 1.13. The van der Waals surface area contributed by atoms with Gasteiger partial charge in [-0.05, 0) is 6.07 Å². The van der Waals surface area contributed by atoms with Crippen LogP contribution >= 0.6 is 11.6 Å². The lowest BCUT2D eigenvalue weighted by molar-refractivity contribution is -0.384. The molecule has 2 N–H and O–H groups in total. The summed E-state index contributed by atoms with van der Waals surface area (Å²) in [5.74, 6) is -0.532. The van der Waals surface area contributed by atoms with Crippen LogP contribution in [-0.4, -0.2) is 41.3 Å². The molecule has 1 fully saturated rings. The van der Waals surface area contributed by atoms with Gasteiger partial charge in [-0.2, -0.15) is 0 Å². The second kappa shape index (κ2) is 5.74. The van der Waals surface area contributed by atoms with Gasteiger partial charge in [0.15, 0.2) is 0 Å². The summed E-state index contributed by atoms with van der Waals surface area (Å²) >= 11 is 5.74. The number of non-ortho nitro benzene ring substituents is 1. The Morgan fingerprint density at radius 1 is 1.55 bits per heavy atom. The Morgan fingerprint density at radius 3 is 2.90 bits per heavy atom. The van der Waals surface area contributed by atoms with E-state index in [1.54, 1.807) is 0 Å². The molecule has 1 atom stereocenters. The first kappa shape index (κ1) is 14.7. The Labute approximate surface area is 119 Å². The van der Waals surface area contributed by atoms with Gasteiger partial charge in [-0.1, -0.05) is 11.6 Å². The van der Waals surface area contributed by atoms with Crippen molar-refractivity contribution in [2.45, 2.75) is 12.0 Å². The quantitative estimate of drug-likeness (QED) is 0.641. The molecule has 1 aromatic rings. The molecule has 1 aliphatic heterocycles. The standard InChI is InChI=1S/C12H13ClN2O5/c13-9-3-8(4-10(5-9)15(18)19)11(16)14-6-12(17)1-2-20-7-12/h3-5,17H,1-2,6-7H2,(H,14,16). The molecule has 1 aromatic carbocycles. The summed E-state index contributed by atoms with van der Waals surface area (Å²) in [5.41, 5.74) is -1.27. The van der Waals surface area contributed by atoms with Crippen LogP contribution in [0.3, 0.4) is 0 Å². The zero-order valence-corrected chi connectivity index (χ0v) is 11.2. The fourth-order valence-electron chi connectivity index (χ4n) is 1.89. The fourth-order valence-corrected chi connectivity index (χ4v) is 2.12. The number of nitrogens with one attached hydrogen (secondary N) is 1. The number of ether oxygens (including phenoxy) is 1. The van der Waals surface area contributed by atoms with Gasteiger partial charge in [0, 0.05) is 42.3 Å². The lowest BCUT2D eigenvalue weighted by Gasteiger charge is -2.20. The normalized spacial score (nSPS) is 21.7. The van der Waals surface area contributed by atoms with Crippen molar-refractivity contribution in [3.63, 3.8) is 0 Å². The van der Waals surface area contributed by atoms with E-state index in [0.29, 0.717) is 13.0 Å². The van der Waals surface area contributed by atoms with Gasteiger partial charge in [-0.25, -0.2) is 0 Å². The zero-order chi connectivity index (χ0) is 14.8. The lowest BCUT2D eigenvalue weighted by Crippen LogP contribution is -2.43. The maximum Gasteiger partial charge on any atom is 0.271 e. The highest BCUT2D eigenvalue weighted by molar-refractivity contribution is 6.31. The van der Waals surface area contributed by atoms with Crippen LogP contribution in [0.2, 0.25) is 5.02 Å². The van der Waals surface area contributed by atoms with Gasteiger partial charge in [0.25, 0.3) is 11.6 Å². The third-order valence-electron chi connectivity index (χ3n) is 3.02. The summed E-state index contributed by atoms with van der Waals surface area (Å²) in [6.45, 7) is 0.615. The van der Waals surface area contributed by atoms with Crippen LogP contribution in [0.25, 0.3) is 0 Å². The highest BCUT2D eigenvalue weighted by Crippen LogP contribution is 2.21. The molecular weight excluding hydrogens is 288 g/mol. The highest BCUT2D eigenvalue weighted by atomic mass is 35.5. The number of carbonyl (C=O) groups is 1. The molecule has 20 heavy (non-hydrogen) atoms. The Hall–Kier alpha value is -1.70. The van der Waals surface area contributed by atoms with Crippen LogP contribution in [0.15, 0.2) is 18.2 Å². The van der Waals surface area contributed by atoms with Crippen molar-refractivity contribution < 1.29 is 19.6 Å². The molecule has 0 aromatic heterocycles. The van der Waals surface area contributed by atoms with E-state index >= 15 is 0 Å². The molecule has 7 nitrogen and oxygen atoms in total. The number of nitrogens with zero attached hydrogens (tertiary/aromatic N) is 1. The molecule has 0 spiro atoms. The topological polar surface area (TPSA) is 102 Å². The zero-order valence-electron chi connectivity index (χ0n) is 10.5. The molecule has 2 rings (SSSR count). The first-order valence-corrected chi connectivity index (χ1v) is 6.31. The Balaban J connectivity index is 2.07. The Kier molecular flexibility index (Phi) is 4.22. The third-order valence-corrected chi connectivity index (χ3v) is 3.23. The van der Waals surface area contributed by atoms with Gasteiger partial charge >= 0.3 is 0 Å². The molecule has 1 saturated heterocycles. The first-order chi connectivity index (χ1) is 9.39. The highest BCUT2D eigenvalue weighted by Gasteiger charge is 2.32. The minimum absolute atomic E-state index is 0.0200. The number of amides is 1. The SMILES string of the molecule is O=C(NCC1(O)CCOC1)c1cc(Cl)cc([N+](=O)[O-])c1. The van der Waals surface area contributed by atoms with Gasteiger partial charge in [-0.3, -0.25) is 14.9 Å². The Bertz CT molecular complexity index is 543. The maximum atomic E-state index is 11.9. The van der Waals surface area contributed by atoms with Crippen molar-refractivity contribution in [2.75, 3.05) is 19.8 Å². The second-order valence-corrected chi connectivity index (χ2v) is 5.10. The van der Waals surface area contributed by atoms with Crippen molar-refractivity contribution in [3.8, 4) is 0 Å². The number of rotatable bonds is 4. The van der Waals surface area contributed by atoms with Crippen LogP contribution < -0.4 is 5.32 Å². The average Bonchev–Trinajstić information content (AvgIpc) is 2.82.